The number of aromatic nitrogens is 3. The molecule has 92 valence electrons. The van der Waals surface area contributed by atoms with Crippen molar-refractivity contribution in [3.8, 4) is 11.3 Å². The molecule has 3 rings (SSSR count). The average molecular weight is 240 g/mol. The van der Waals surface area contributed by atoms with Crippen molar-refractivity contribution in [1.82, 2.24) is 20.3 Å². The standard InChI is InChI=1S/C14H16N4/c1-15-8-6-14-17-12-5-4-10(9-13(12)18-14)11-3-2-7-16-11/h2-5,7,9,15-16H,6,8H2,1H3,(H,17,18). The van der Waals surface area contributed by atoms with Crippen molar-refractivity contribution >= 4 is 11.0 Å². The summed E-state index contributed by atoms with van der Waals surface area (Å²) in [5, 5.41) is 3.13. The van der Waals surface area contributed by atoms with Gasteiger partial charge in [-0.25, -0.2) is 4.98 Å². The number of aromatic amines is 2. The molecule has 0 aliphatic heterocycles. The molecule has 0 saturated carbocycles. The molecule has 0 amide bonds. The normalized spacial score (nSPS) is 11.2. The van der Waals surface area contributed by atoms with Crippen LogP contribution >= 0.6 is 0 Å². The highest BCUT2D eigenvalue weighted by molar-refractivity contribution is 5.81. The van der Waals surface area contributed by atoms with Crippen LogP contribution < -0.4 is 5.32 Å². The smallest absolute Gasteiger partial charge is 0.108 e. The van der Waals surface area contributed by atoms with Crippen molar-refractivity contribution in [2.45, 2.75) is 6.42 Å². The largest absolute Gasteiger partial charge is 0.361 e. The van der Waals surface area contributed by atoms with Crippen molar-refractivity contribution in [2.24, 2.45) is 0 Å². The van der Waals surface area contributed by atoms with Crippen LogP contribution in [0.2, 0.25) is 0 Å². The van der Waals surface area contributed by atoms with Crippen LogP contribution in [-0.4, -0.2) is 28.5 Å². The number of nitrogens with zero attached hydrogens (tertiary/aromatic N) is 1. The fourth-order valence-corrected chi connectivity index (χ4v) is 2.10. The topological polar surface area (TPSA) is 56.5 Å². The second kappa shape index (κ2) is 4.66. The van der Waals surface area contributed by atoms with Gasteiger partial charge in [-0.15, -0.1) is 0 Å². The maximum absolute atomic E-state index is 4.57. The molecule has 18 heavy (non-hydrogen) atoms. The summed E-state index contributed by atoms with van der Waals surface area (Å²) in [5.74, 6) is 1.03. The summed E-state index contributed by atoms with van der Waals surface area (Å²) in [7, 11) is 1.95. The lowest BCUT2D eigenvalue weighted by molar-refractivity contribution is 0.766. The van der Waals surface area contributed by atoms with E-state index in [-0.39, 0.29) is 0 Å². The van der Waals surface area contributed by atoms with Crippen molar-refractivity contribution < 1.29 is 0 Å². The zero-order valence-electron chi connectivity index (χ0n) is 10.3. The molecule has 4 heteroatoms. The van der Waals surface area contributed by atoms with E-state index in [1.807, 2.05) is 19.3 Å². The van der Waals surface area contributed by atoms with Crippen molar-refractivity contribution in [1.29, 1.82) is 0 Å². The van der Waals surface area contributed by atoms with Crippen LogP contribution in [0.1, 0.15) is 5.82 Å². The van der Waals surface area contributed by atoms with Crippen molar-refractivity contribution in [3.63, 3.8) is 0 Å². The number of benzene rings is 1. The Bertz CT molecular complexity index is 637. The molecular weight excluding hydrogens is 224 g/mol. The van der Waals surface area contributed by atoms with Gasteiger partial charge in [0.15, 0.2) is 0 Å². The van der Waals surface area contributed by atoms with Gasteiger partial charge in [-0.05, 0) is 31.3 Å². The van der Waals surface area contributed by atoms with Gasteiger partial charge in [0, 0.05) is 30.4 Å². The number of H-pyrrole nitrogens is 2. The Hall–Kier alpha value is -2.07. The second-order valence-corrected chi connectivity index (χ2v) is 4.35. The lowest BCUT2D eigenvalue weighted by Crippen LogP contribution is -2.10. The Kier molecular flexibility index (Phi) is 2.86. The van der Waals surface area contributed by atoms with Gasteiger partial charge in [0.1, 0.15) is 5.82 Å². The van der Waals surface area contributed by atoms with E-state index in [0.29, 0.717) is 0 Å². The molecular formula is C14H16N4. The summed E-state index contributed by atoms with van der Waals surface area (Å²) in [5.41, 5.74) is 4.42. The van der Waals surface area contributed by atoms with E-state index in [0.717, 1.165) is 35.5 Å². The number of hydrogen-bond donors (Lipinski definition) is 3. The predicted octanol–water partition coefficient (Wildman–Crippen LogP) is 2.32. The summed E-state index contributed by atoms with van der Waals surface area (Å²) in [4.78, 5) is 11.1. The molecule has 3 aromatic rings. The summed E-state index contributed by atoms with van der Waals surface area (Å²) in [6, 6.07) is 10.4. The van der Waals surface area contributed by atoms with E-state index < -0.39 is 0 Å². The number of likely N-dealkylation sites (N-methyl/N-ethyl adjacent to an activating group) is 1. The first-order chi connectivity index (χ1) is 8.86. The Labute approximate surface area is 105 Å². The lowest BCUT2D eigenvalue weighted by Gasteiger charge is -1.97. The highest BCUT2D eigenvalue weighted by atomic mass is 14.9. The highest BCUT2D eigenvalue weighted by Gasteiger charge is 2.04. The first-order valence-electron chi connectivity index (χ1n) is 6.14. The predicted molar refractivity (Wildman–Crippen MR) is 73.5 cm³/mol. The number of hydrogen-bond acceptors (Lipinski definition) is 2. The Morgan fingerprint density at radius 2 is 2.22 bits per heavy atom. The van der Waals surface area contributed by atoms with Crippen molar-refractivity contribution in [3.05, 3.63) is 42.4 Å². The van der Waals surface area contributed by atoms with Gasteiger partial charge in [-0.3, -0.25) is 0 Å². The molecule has 2 heterocycles. The van der Waals surface area contributed by atoms with E-state index in [1.165, 1.54) is 5.56 Å². The van der Waals surface area contributed by atoms with Gasteiger partial charge in [-0.2, -0.15) is 0 Å². The third kappa shape index (κ3) is 2.02. The minimum atomic E-state index is 0.920. The summed E-state index contributed by atoms with van der Waals surface area (Å²) in [6.45, 7) is 0.934. The molecule has 4 nitrogen and oxygen atoms in total. The summed E-state index contributed by atoms with van der Waals surface area (Å²) >= 11 is 0. The monoisotopic (exact) mass is 240 g/mol. The van der Waals surface area contributed by atoms with E-state index >= 15 is 0 Å². The molecule has 0 radical (unpaired) electrons. The van der Waals surface area contributed by atoms with Gasteiger partial charge in [0.05, 0.1) is 11.0 Å². The first kappa shape index (κ1) is 11.0. The van der Waals surface area contributed by atoms with Crippen LogP contribution in [-0.2, 0) is 6.42 Å². The van der Waals surface area contributed by atoms with E-state index in [1.54, 1.807) is 0 Å². The molecule has 0 aliphatic rings. The summed E-state index contributed by atoms with van der Waals surface area (Å²) < 4.78 is 0. The van der Waals surface area contributed by atoms with Crippen LogP contribution in [0.5, 0.6) is 0 Å². The zero-order valence-corrected chi connectivity index (χ0v) is 10.3. The molecule has 0 saturated heterocycles. The Morgan fingerprint density at radius 1 is 1.28 bits per heavy atom. The van der Waals surface area contributed by atoms with Crippen LogP contribution in [0.4, 0.5) is 0 Å². The van der Waals surface area contributed by atoms with Gasteiger partial charge in [0.2, 0.25) is 0 Å². The van der Waals surface area contributed by atoms with Crippen LogP contribution in [0, 0.1) is 0 Å². The maximum atomic E-state index is 4.57. The van der Waals surface area contributed by atoms with Crippen molar-refractivity contribution in [2.75, 3.05) is 13.6 Å². The number of rotatable bonds is 4. The van der Waals surface area contributed by atoms with E-state index in [4.69, 9.17) is 0 Å². The molecule has 0 atom stereocenters. The third-order valence-corrected chi connectivity index (χ3v) is 3.05. The zero-order chi connectivity index (χ0) is 12.4. The number of nitrogens with one attached hydrogen (secondary N) is 3. The molecule has 0 spiro atoms. The molecule has 0 fully saturated rings. The highest BCUT2D eigenvalue weighted by Crippen LogP contribution is 2.21. The minimum absolute atomic E-state index is 0.920. The molecule has 2 aromatic heterocycles. The maximum Gasteiger partial charge on any atom is 0.108 e. The van der Waals surface area contributed by atoms with Crippen LogP contribution in [0.15, 0.2) is 36.5 Å². The van der Waals surface area contributed by atoms with Crippen LogP contribution in [0.3, 0.4) is 0 Å². The minimum Gasteiger partial charge on any atom is -0.361 e. The molecule has 1 aromatic carbocycles. The molecule has 3 N–H and O–H groups in total. The van der Waals surface area contributed by atoms with E-state index in [9.17, 15) is 0 Å². The quantitative estimate of drug-likeness (QED) is 0.655. The van der Waals surface area contributed by atoms with Crippen LogP contribution in [0.25, 0.3) is 22.3 Å². The average Bonchev–Trinajstić information content (AvgIpc) is 3.03. The SMILES string of the molecule is CNCCc1nc2ccc(-c3ccc[nH]3)cc2[nH]1. The number of fused-ring (bicyclic) bond motifs is 1. The third-order valence-electron chi connectivity index (χ3n) is 3.05. The Balaban J connectivity index is 1.96. The number of imidazole rings is 1. The molecule has 0 unspecified atom stereocenters. The van der Waals surface area contributed by atoms with Gasteiger partial charge < -0.3 is 15.3 Å². The van der Waals surface area contributed by atoms with Gasteiger partial charge in [-0.1, -0.05) is 6.07 Å². The van der Waals surface area contributed by atoms with E-state index in [2.05, 4.69) is 44.5 Å². The molecule has 0 bridgehead atoms. The fourth-order valence-electron chi connectivity index (χ4n) is 2.10. The first-order valence-corrected chi connectivity index (χ1v) is 6.14. The fraction of sp³-hybridized carbons (Fsp3) is 0.214. The lowest BCUT2D eigenvalue weighted by atomic mass is 10.1. The van der Waals surface area contributed by atoms with Gasteiger partial charge in [0.25, 0.3) is 0 Å². The second-order valence-electron chi connectivity index (χ2n) is 4.35. The molecule has 0 aliphatic carbocycles. The van der Waals surface area contributed by atoms with Gasteiger partial charge >= 0.3 is 0 Å². The Morgan fingerprint density at radius 3 is 3.00 bits per heavy atom. The summed E-state index contributed by atoms with van der Waals surface area (Å²) in [6.07, 6.45) is 2.86.